The van der Waals surface area contributed by atoms with Crippen LogP contribution in [-0.4, -0.2) is 63.8 Å². The van der Waals surface area contributed by atoms with E-state index in [4.69, 9.17) is 21.5 Å². The lowest BCUT2D eigenvalue weighted by molar-refractivity contribution is -0.130. The first-order valence-electron chi connectivity index (χ1n) is 11.6. The molecule has 0 spiro atoms. The number of nitrogens with one attached hydrogen (secondary N) is 2. The van der Waals surface area contributed by atoms with E-state index in [0.717, 1.165) is 28.6 Å². The van der Waals surface area contributed by atoms with Crippen LogP contribution in [0.5, 0.6) is 0 Å². The van der Waals surface area contributed by atoms with Crippen molar-refractivity contribution in [2.24, 2.45) is 11.6 Å². The summed E-state index contributed by atoms with van der Waals surface area (Å²) in [7, 11) is 0. The molecule has 1 aromatic heterocycles. The van der Waals surface area contributed by atoms with E-state index >= 15 is 0 Å². The summed E-state index contributed by atoms with van der Waals surface area (Å²) in [6, 6.07) is 9.25. The van der Waals surface area contributed by atoms with Crippen molar-refractivity contribution in [3.05, 3.63) is 83.3 Å². The SMILES string of the molecule is N/C(=C\N(N)[C@@H](CC(=O)NO)Cc1c[nH]c2ccccc12)C1COCCN1C(=O)c1ccc(F)c(F)c1. The number of hydrogen-bond acceptors (Lipinski definition) is 7. The fraction of sp³-hybridized carbons (Fsp3) is 0.280. The van der Waals surface area contributed by atoms with Gasteiger partial charge < -0.3 is 25.4 Å². The molecule has 2 atom stereocenters. The maximum atomic E-state index is 13.7. The van der Waals surface area contributed by atoms with Crippen molar-refractivity contribution in [3.63, 3.8) is 0 Å². The predicted octanol–water partition coefficient (Wildman–Crippen LogP) is 1.77. The van der Waals surface area contributed by atoms with Crippen molar-refractivity contribution in [1.29, 1.82) is 0 Å². The molecule has 37 heavy (non-hydrogen) atoms. The van der Waals surface area contributed by atoms with E-state index in [1.54, 1.807) is 5.48 Å². The highest BCUT2D eigenvalue weighted by molar-refractivity contribution is 5.94. The fourth-order valence-corrected chi connectivity index (χ4v) is 4.38. The summed E-state index contributed by atoms with van der Waals surface area (Å²) in [5.41, 5.74) is 9.95. The van der Waals surface area contributed by atoms with Crippen LogP contribution in [0.4, 0.5) is 8.78 Å². The molecule has 0 radical (unpaired) electrons. The van der Waals surface area contributed by atoms with Crippen LogP contribution in [0.25, 0.3) is 10.9 Å². The third-order valence-electron chi connectivity index (χ3n) is 6.34. The standard InChI is InChI=1S/C25H28F2N6O4/c26-19-6-5-15(10-20(19)27)25(35)32-7-8-37-14-23(32)21(28)13-33(29)17(11-24(34)31-36)9-16-12-30-22-4-2-1-3-18(16)22/h1-6,10,12-13,17,23,30,36H,7-9,11,14,28-29H2,(H,31,34)/b21-13-/t17-,23?/m1/s1. The number of aromatic amines is 1. The first-order valence-corrected chi connectivity index (χ1v) is 11.6. The third kappa shape index (κ3) is 5.88. The number of hydroxylamine groups is 1. The minimum absolute atomic E-state index is 0.0277. The van der Waals surface area contributed by atoms with Crippen LogP contribution in [0, 0.1) is 11.6 Å². The van der Waals surface area contributed by atoms with Gasteiger partial charge >= 0.3 is 0 Å². The summed E-state index contributed by atoms with van der Waals surface area (Å²) in [6.07, 6.45) is 3.44. The Morgan fingerprint density at radius 1 is 1.27 bits per heavy atom. The Kier molecular flexibility index (Phi) is 8.01. The van der Waals surface area contributed by atoms with E-state index in [1.165, 1.54) is 22.2 Å². The summed E-state index contributed by atoms with van der Waals surface area (Å²) in [5.74, 6) is 2.97. The number of nitrogens with two attached hydrogens (primary N) is 2. The number of morpholine rings is 1. The Morgan fingerprint density at radius 3 is 2.81 bits per heavy atom. The van der Waals surface area contributed by atoms with Crippen molar-refractivity contribution in [1.82, 2.24) is 20.4 Å². The number of fused-ring (bicyclic) bond motifs is 1. The largest absolute Gasteiger partial charge is 0.399 e. The van der Waals surface area contributed by atoms with Gasteiger partial charge in [-0.15, -0.1) is 0 Å². The Hall–Kier alpha value is -4.00. The molecule has 1 aliphatic rings. The number of H-pyrrole nitrogens is 1. The second-order valence-corrected chi connectivity index (χ2v) is 8.75. The zero-order valence-corrected chi connectivity index (χ0v) is 19.9. The highest BCUT2D eigenvalue weighted by Gasteiger charge is 2.31. The first-order chi connectivity index (χ1) is 17.8. The van der Waals surface area contributed by atoms with Gasteiger partial charge in [-0.25, -0.2) is 20.1 Å². The van der Waals surface area contributed by atoms with E-state index < -0.39 is 35.5 Å². The topological polar surface area (TPSA) is 150 Å². The van der Waals surface area contributed by atoms with Gasteiger partial charge in [0.25, 0.3) is 5.91 Å². The molecule has 1 aliphatic heterocycles. The number of carbonyl (C=O) groups is 2. The number of amides is 2. The van der Waals surface area contributed by atoms with Gasteiger partial charge in [-0.3, -0.25) is 14.8 Å². The number of aromatic nitrogens is 1. The molecule has 2 amide bonds. The molecular weight excluding hydrogens is 486 g/mol. The van der Waals surface area contributed by atoms with Gasteiger partial charge in [-0.05, 0) is 36.2 Å². The molecule has 196 valence electrons. The van der Waals surface area contributed by atoms with Crippen molar-refractivity contribution in [2.45, 2.75) is 24.9 Å². The molecule has 2 heterocycles. The summed E-state index contributed by atoms with van der Waals surface area (Å²) in [6.45, 7) is 0.481. The maximum absolute atomic E-state index is 13.7. The number of carbonyl (C=O) groups excluding carboxylic acids is 2. The van der Waals surface area contributed by atoms with Crippen molar-refractivity contribution < 1.29 is 28.3 Å². The van der Waals surface area contributed by atoms with E-state index in [-0.39, 0.29) is 37.4 Å². The molecule has 1 fully saturated rings. The molecule has 12 heteroatoms. The van der Waals surface area contributed by atoms with E-state index in [0.29, 0.717) is 6.42 Å². The van der Waals surface area contributed by atoms with Crippen LogP contribution in [0.1, 0.15) is 22.3 Å². The van der Waals surface area contributed by atoms with Crippen LogP contribution in [0.2, 0.25) is 0 Å². The number of halogens is 2. The molecule has 1 saturated heterocycles. The minimum atomic E-state index is -1.13. The van der Waals surface area contributed by atoms with Gasteiger partial charge in [0.1, 0.15) is 0 Å². The molecule has 0 saturated carbocycles. The molecule has 7 N–H and O–H groups in total. The molecule has 10 nitrogen and oxygen atoms in total. The smallest absolute Gasteiger partial charge is 0.254 e. The van der Waals surface area contributed by atoms with Crippen LogP contribution >= 0.6 is 0 Å². The average molecular weight is 515 g/mol. The lowest BCUT2D eigenvalue weighted by atomic mass is 10.0. The average Bonchev–Trinajstić information content (AvgIpc) is 3.32. The molecule has 0 aliphatic carbocycles. The molecule has 3 aromatic rings. The van der Waals surface area contributed by atoms with Gasteiger partial charge in [0.2, 0.25) is 5.91 Å². The zero-order chi connectivity index (χ0) is 26.5. The van der Waals surface area contributed by atoms with Crippen LogP contribution in [0.3, 0.4) is 0 Å². The number of benzene rings is 2. The number of hydrazine groups is 1. The molecule has 4 rings (SSSR count). The van der Waals surface area contributed by atoms with Gasteiger partial charge in [0.15, 0.2) is 11.6 Å². The molecule has 2 aromatic carbocycles. The van der Waals surface area contributed by atoms with Crippen molar-refractivity contribution in [3.8, 4) is 0 Å². The van der Waals surface area contributed by atoms with Crippen molar-refractivity contribution >= 4 is 22.7 Å². The summed E-state index contributed by atoms with van der Waals surface area (Å²) >= 11 is 0. The minimum Gasteiger partial charge on any atom is -0.399 e. The second kappa shape index (κ2) is 11.4. The van der Waals surface area contributed by atoms with Crippen LogP contribution in [-0.2, 0) is 16.0 Å². The quantitative estimate of drug-likeness (QED) is 0.175. The highest BCUT2D eigenvalue weighted by Crippen LogP contribution is 2.22. The van der Waals surface area contributed by atoms with E-state index in [9.17, 15) is 18.4 Å². The molecular formula is C25H28F2N6O4. The first kappa shape index (κ1) is 26.1. The Morgan fingerprint density at radius 2 is 2.05 bits per heavy atom. The maximum Gasteiger partial charge on any atom is 0.254 e. The summed E-state index contributed by atoms with van der Waals surface area (Å²) < 4.78 is 32.6. The number of nitrogens with zero attached hydrogens (tertiary/aromatic N) is 2. The highest BCUT2D eigenvalue weighted by atomic mass is 19.2. The van der Waals surface area contributed by atoms with Crippen molar-refractivity contribution in [2.75, 3.05) is 19.8 Å². The van der Waals surface area contributed by atoms with Crippen LogP contribution < -0.4 is 17.1 Å². The lowest BCUT2D eigenvalue weighted by Crippen LogP contribution is -2.52. The third-order valence-corrected chi connectivity index (χ3v) is 6.34. The van der Waals surface area contributed by atoms with Crippen LogP contribution in [0.15, 0.2) is 60.6 Å². The molecule has 1 unspecified atom stereocenters. The van der Waals surface area contributed by atoms with Gasteiger partial charge in [0.05, 0.1) is 37.4 Å². The number of rotatable bonds is 8. The monoisotopic (exact) mass is 514 g/mol. The Bertz CT molecular complexity index is 1310. The lowest BCUT2D eigenvalue weighted by Gasteiger charge is -2.37. The number of ether oxygens (including phenoxy) is 1. The molecule has 0 bridgehead atoms. The normalized spacial score (nSPS) is 17.0. The second-order valence-electron chi connectivity index (χ2n) is 8.75. The van der Waals surface area contributed by atoms with Gasteiger partial charge in [-0.1, -0.05) is 18.2 Å². The Labute approximate surface area is 211 Å². The van der Waals surface area contributed by atoms with Gasteiger partial charge in [-0.2, -0.15) is 0 Å². The predicted molar refractivity (Wildman–Crippen MR) is 131 cm³/mol. The zero-order valence-electron chi connectivity index (χ0n) is 19.9. The Balaban J connectivity index is 1.57. The fourth-order valence-electron chi connectivity index (χ4n) is 4.38. The number of para-hydroxylation sites is 1. The summed E-state index contributed by atoms with van der Waals surface area (Å²) in [5, 5.41) is 11.3. The summed E-state index contributed by atoms with van der Waals surface area (Å²) in [4.78, 5) is 29.7. The number of hydrogen-bond donors (Lipinski definition) is 5. The van der Waals surface area contributed by atoms with Gasteiger partial charge in [0, 0.05) is 35.4 Å². The van der Waals surface area contributed by atoms with E-state index in [1.807, 2.05) is 30.5 Å². The van der Waals surface area contributed by atoms with E-state index in [2.05, 4.69) is 4.98 Å².